The van der Waals surface area contributed by atoms with Gasteiger partial charge in [0.1, 0.15) is 5.82 Å². The fourth-order valence-corrected chi connectivity index (χ4v) is 3.43. The number of thiazole rings is 1. The third kappa shape index (κ3) is 5.16. The second kappa shape index (κ2) is 8.59. The summed E-state index contributed by atoms with van der Waals surface area (Å²) in [6, 6.07) is 5.67. The van der Waals surface area contributed by atoms with Crippen molar-refractivity contribution in [3.63, 3.8) is 0 Å². The summed E-state index contributed by atoms with van der Waals surface area (Å²) in [7, 11) is 0. The van der Waals surface area contributed by atoms with Crippen LogP contribution in [-0.2, 0) is 11.2 Å². The van der Waals surface area contributed by atoms with Crippen LogP contribution in [0.2, 0.25) is 0 Å². The van der Waals surface area contributed by atoms with Crippen LogP contribution in [0.5, 0.6) is 0 Å². The van der Waals surface area contributed by atoms with Crippen molar-refractivity contribution in [2.24, 2.45) is 0 Å². The van der Waals surface area contributed by atoms with Gasteiger partial charge in [0.05, 0.1) is 12.1 Å². The number of carbonyl (C=O) groups is 1. The van der Waals surface area contributed by atoms with E-state index in [0.717, 1.165) is 23.1 Å². The van der Waals surface area contributed by atoms with E-state index in [4.69, 9.17) is 0 Å². The molecule has 0 unspecified atom stereocenters. The summed E-state index contributed by atoms with van der Waals surface area (Å²) in [4.78, 5) is 20.7. The molecule has 0 spiro atoms. The van der Waals surface area contributed by atoms with Gasteiger partial charge >= 0.3 is 0 Å². The average molecular weight is 342 g/mol. The molecule has 0 radical (unpaired) electrons. The smallest absolute Gasteiger partial charge is 0.226 e. The number of nitrogens with zero attached hydrogens (tertiary/aromatic N) is 2. The number of pyridine rings is 1. The SMILES string of the molecule is O=C(Cc1csc(Nc2ccccn2)n1)NCCC1=CCCCC1. The van der Waals surface area contributed by atoms with Crippen LogP contribution in [-0.4, -0.2) is 22.4 Å². The Hall–Kier alpha value is -2.21. The van der Waals surface area contributed by atoms with Gasteiger partial charge in [0.15, 0.2) is 5.13 Å². The summed E-state index contributed by atoms with van der Waals surface area (Å²) in [5.74, 6) is 0.782. The molecule has 1 amide bonds. The minimum Gasteiger partial charge on any atom is -0.355 e. The number of anilines is 2. The average Bonchev–Trinajstić information content (AvgIpc) is 3.03. The van der Waals surface area contributed by atoms with E-state index in [0.29, 0.717) is 13.0 Å². The van der Waals surface area contributed by atoms with Crippen molar-refractivity contribution in [1.82, 2.24) is 15.3 Å². The van der Waals surface area contributed by atoms with Gasteiger partial charge in [-0.2, -0.15) is 0 Å². The summed E-state index contributed by atoms with van der Waals surface area (Å²) in [6.07, 6.45) is 10.3. The van der Waals surface area contributed by atoms with Crippen molar-refractivity contribution in [2.75, 3.05) is 11.9 Å². The first-order valence-electron chi connectivity index (χ1n) is 8.37. The molecule has 6 heteroatoms. The lowest BCUT2D eigenvalue weighted by molar-refractivity contribution is -0.120. The van der Waals surface area contributed by atoms with Crippen LogP contribution in [0.3, 0.4) is 0 Å². The van der Waals surface area contributed by atoms with Crippen LogP contribution < -0.4 is 10.6 Å². The van der Waals surface area contributed by atoms with Gasteiger partial charge in [-0.3, -0.25) is 4.79 Å². The molecule has 0 aromatic carbocycles. The fraction of sp³-hybridized carbons (Fsp3) is 0.389. The zero-order valence-electron chi connectivity index (χ0n) is 13.6. The van der Waals surface area contributed by atoms with Crippen molar-refractivity contribution >= 4 is 28.2 Å². The summed E-state index contributed by atoms with van der Waals surface area (Å²) < 4.78 is 0. The maximum atomic E-state index is 12.0. The Morgan fingerprint density at radius 3 is 3.04 bits per heavy atom. The van der Waals surface area contributed by atoms with E-state index in [1.54, 1.807) is 6.20 Å². The number of rotatable bonds is 7. The molecule has 0 bridgehead atoms. The normalized spacial score (nSPS) is 14.1. The predicted octanol–water partition coefficient (Wildman–Crippen LogP) is 3.83. The largest absolute Gasteiger partial charge is 0.355 e. The molecule has 0 saturated carbocycles. The number of nitrogens with one attached hydrogen (secondary N) is 2. The van der Waals surface area contributed by atoms with E-state index in [1.165, 1.54) is 42.6 Å². The van der Waals surface area contributed by atoms with Crippen molar-refractivity contribution < 1.29 is 4.79 Å². The molecule has 0 fully saturated rings. The Kier molecular flexibility index (Phi) is 5.96. The lowest BCUT2D eigenvalue weighted by Gasteiger charge is -2.12. The molecule has 24 heavy (non-hydrogen) atoms. The van der Waals surface area contributed by atoms with Crippen LogP contribution >= 0.6 is 11.3 Å². The summed E-state index contributed by atoms with van der Waals surface area (Å²) in [5, 5.41) is 8.80. The second-order valence-electron chi connectivity index (χ2n) is 5.87. The summed E-state index contributed by atoms with van der Waals surface area (Å²) in [6.45, 7) is 0.716. The monoisotopic (exact) mass is 342 g/mol. The highest BCUT2D eigenvalue weighted by Crippen LogP contribution is 2.20. The first-order valence-corrected chi connectivity index (χ1v) is 9.24. The van der Waals surface area contributed by atoms with E-state index in [1.807, 2.05) is 23.6 Å². The standard InChI is InChI=1S/C18H22N4OS/c23-17(20-11-9-14-6-2-1-3-7-14)12-15-13-24-18(21-15)22-16-8-4-5-10-19-16/h4-6,8,10,13H,1-3,7,9,11-12H2,(H,20,23)(H,19,21,22). The van der Waals surface area contributed by atoms with Gasteiger partial charge in [-0.15, -0.1) is 11.3 Å². The van der Waals surface area contributed by atoms with Gasteiger partial charge in [0.25, 0.3) is 0 Å². The molecular weight excluding hydrogens is 320 g/mol. The fourth-order valence-electron chi connectivity index (χ4n) is 2.71. The van der Waals surface area contributed by atoms with Crippen molar-refractivity contribution in [2.45, 2.75) is 38.5 Å². The Morgan fingerprint density at radius 1 is 1.29 bits per heavy atom. The molecule has 0 aliphatic heterocycles. The number of carbonyl (C=O) groups excluding carboxylic acids is 1. The number of aromatic nitrogens is 2. The molecule has 2 aromatic rings. The van der Waals surface area contributed by atoms with Gasteiger partial charge < -0.3 is 10.6 Å². The zero-order chi connectivity index (χ0) is 16.6. The van der Waals surface area contributed by atoms with Crippen molar-refractivity contribution in [3.8, 4) is 0 Å². The minimum atomic E-state index is 0.0288. The molecular formula is C18H22N4OS. The highest BCUT2D eigenvalue weighted by Gasteiger charge is 2.09. The Morgan fingerprint density at radius 2 is 2.25 bits per heavy atom. The Bertz CT molecular complexity index is 696. The van der Waals surface area contributed by atoms with Gasteiger partial charge in [0.2, 0.25) is 5.91 Å². The third-order valence-corrected chi connectivity index (χ3v) is 4.75. The zero-order valence-corrected chi connectivity index (χ0v) is 14.4. The van der Waals surface area contributed by atoms with Crippen LogP contribution in [0.15, 0.2) is 41.4 Å². The molecule has 5 nitrogen and oxygen atoms in total. The maximum Gasteiger partial charge on any atom is 0.226 e. The molecule has 2 heterocycles. The van der Waals surface area contributed by atoms with Gasteiger partial charge in [-0.1, -0.05) is 17.7 Å². The molecule has 2 N–H and O–H groups in total. The molecule has 0 atom stereocenters. The van der Waals surface area contributed by atoms with Gasteiger partial charge in [-0.25, -0.2) is 9.97 Å². The molecule has 0 saturated heterocycles. The number of hydrogen-bond donors (Lipinski definition) is 2. The third-order valence-electron chi connectivity index (χ3n) is 3.95. The Balaban J connectivity index is 1.42. The van der Waals surface area contributed by atoms with Crippen molar-refractivity contribution in [3.05, 3.63) is 47.1 Å². The maximum absolute atomic E-state index is 12.0. The van der Waals surface area contributed by atoms with Gasteiger partial charge in [-0.05, 0) is 44.2 Å². The van der Waals surface area contributed by atoms with Crippen LogP contribution in [0.4, 0.5) is 10.9 Å². The second-order valence-corrected chi connectivity index (χ2v) is 6.73. The van der Waals surface area contributed by atoms with Crippen LogP contribution in [0.25, 0.3) is 0 Å². The predicted molar refractivity (Wildman–Crippen MR) is 97.5 cm³/mol. The van der Waals surface area contributed by atoms with Crippen molar-refractivity contribution in [1.29, 1.82) is 0 Å². The van der Waals surface area contributed by atoms with Crippen LogP contribution in [0, 0.1) is 0 Å². The quantitative estimate of drug-likeness (QED) is 0.751. The Labute approximate surface area is 146 Å². The lowest BCUT2D eigenvalue weighted by Crippen LogP contribution is -2.26. The lowest BCUT2D eigenvalue weighted by atomic mass is 9.97. The highest BCUT2D eigenvalue weighted by molar-refractivity contribution is 7.13. The first-order chi connectivity index (χ1) is 11.8. The van der Waals surface area contributed by atoms with E-state index in [-0.39, 0.29) is 5.91 Å². The van der Waals surface area contributed by atoms with E-state index in [9.17, 15) is 4.79 Å². The molecule has 1 aliphatic carbocycles. The molecule has 1 aliphatic rings. The van der Waals surface area contributed by atoms with E-state index < -0.39 is 0 Å². The number of amides is 1. The number of allylic oxidation sites excluding steroid dienone is 1. The summed E-state index contributed by atoms with van der Waals surface area (Å²) in [5.41, 5.74) is 2.27. The van der Waals surface area contributed by atoms with E-state index in [2.05, 4.69) is 26.7 Å². The molecule has 3 rings (SSSR count). The topological polar surface area (TPSA) is 66.9 Å². The van der Waals surface area contributed by atoms with Gasteiger partial charge in [0, 0.05) is 18.1 Å². The minimum absolute atomic E-state index is 0.0288. The van der Waals surface area contributed by atoms with Crippen LogP contribution in [0.1, 0.15) is 37.8 Å². The van der Waals surface area contributed by atoms with E-state index >= 15 is 0 Å². The molecule has 126 valence electrons. The molecule has 2 aromatic heterocycles. The number of hydrogen-bond acceptors (Lipinski definition) is 5. The first kappa shape index (κ1) is 16.6. The highest BCUT2D eigenvalue weighted by atomic mass is 32.1. The summed E-state index contributed by atoms with van der Waals surface area (Å²) >= 11 is 1.48.